The Kier molecular flexibility index (Phi) is 4.13. The summed E-state index contributed by atoms with van der Waals surface area (Å²) in [6.07, 6.45) is 5.56. The maximum Gasteiger partial charge on any atom is 0.0963 e. The minimum Gasteiger partial charge on any atom is -0.387 e. The molecule has 0 saturated carbocycles. The highest BCUT2D eigenvalue weighted by atomic mass is 16.3. The van der Waals surface area contributed by atoms with Crippen LogP contribution >= 0.6 is 0 Å². The first-order valence-electron chi connectivity index (χ1n) is 6.57. The lowest BCUT2D eigenvalue weighted by molar-refractivity contribution is 0.158. The molecule has 1 unspecified atom stereocenters. The van der Waals surface area contributed by atoms with Crippen LogP contribution < -0.4 is 0 Å². The van der Waals surface area contributed by atoms with E-state index in [0.717, 1.165) is 25.1 Å². The second-order valence-corrected chi connectivity index (χ2v) is 4.92. The number of likely N-dealkylation sites (tertiary alicyclic amines) is 1. The number of aliphatic hydroxyl groups excluding tert-OH is 1. The Labute approximate surface area is 103 Å². The Morgan fingerprint density at radius 2 is 2.41 bits per heavy atom. The van der Waals surface area contributed by atoms with Crippen molar-refractivity contribution in [2.75, 3.05) is 13.6 Å². The van der Waals surface area contributed by atoms with Gasteiger partial charge in [0.1, 0.15) is 0 Å². The fourth-order valence-corrected chi connectivity index (χ4v) is 2.70. The fourth-order valence-electron chi connectivity index (χ4n) is 2.70. The zero-order chi connectivity index (χ0) is 12.3. The average Bonchev–Trinajstić information content (AvgIpc) is 2.76. The SMILES string of the molecule is CCCC(O)c1ncccc1[C@@H]1CCCN1C. The van der Waals surface area contributed by atoms with Crippen molar-refractivity contribution in [1.82, 2.24) is 9.88 Å². The van der Waals surface area contributed by atoms with E-state index in [9.17, 15) is 5.11 Å². The van der Waals surface area contributed by atoms with Crippen molar-refractivity contribution < 1.29 is 5.11 Å². The molecule has 1 N–H and O–H groups in total. The van der Waals surface area contributed by atoms with Crippen LogP contribution in [0.25, 0.3) is 0 Å². The molecular weight excluding hydrogens is 212 g/mol. The molecule has 3 nitrogen and oxygen atoms in total. The van der Waals surface area contributed by atoms with E-state index in [1.54, 1.807) is 6.20 Å². The molecule has 1 aliphatic rings. The fraction of sp³-hybridized carbons (Fsp3) is 0.643. The second kappa shape index (κ2) is 5.61. The van der Waals surface area contributed by atoms with Crippen molar-refractivity contribution in [3.8, 4) is 0 Å². The van der Waals surface area contributed by atoms with Crippen LogP contribution in [-0.2, 0) is 0 Å². The smallest absolute Gasteiger partial charge is 0.0963 e. The third kappa shape index (κ3) is 2.67. The highest BCUT2D eigenvalue weighted by Gasteiger charge is 2.26. The van der Waals surface area contributed by atoms with E-state index >= 15 is 0 Å². The molecule has 2 rings (SSSR count). The summed E-state index contributed by atoms with van der Waals surface area (Å²) in [6, 6.07) is 4.53. The molecule has 1 saturated heterocycles. The Morgan fingerprint density at radius 1 is 1.59 bits per heavy atom. The first-order chi connectivity index (χ1) is 8.24. The molecule has 17 heavy (non-hydrogen) atoms. The van der Waals surface area contributed by atoms with Crippen LogP contribution in [0.1, 0.15) is 56.0 Å². The molecule has 1 aromatic rings. The van der Waals surface area contributed by atoms with Crippen molar-refractivity contribution in [1.29, 1.82) is 0 Å². The second-order valence-electron chi connectivity index (χ2n) is 4.92. The number of pyridine rings is 1. The van der Waals surface area contributed by atoms with Crippen LogP contribution in [0.5, 0.6) is 0 Å². The molecule has 0 bridgehead atoms. The highest BCUT2D eigenvalue weighted by molar-refractivity contribution is 5.26. The summed E-state index contributed by atoms with van der Waals surface area (Å²) >= 11 is 0. The minimum absolute atomic E-state index is 0.412. The van der Waals surface area contributed by atoms with Gasteiger partial charge in [0.25, 0.3) is 0 Å². The Balaban J connectivity index is 2.26. The summed E-state index contributed by atoms with van der Waals surface area (Å²) in [5.41, 5.74) is 2.10. The predicted molar refractivity (Wildman–Crippen MR) is 68.7 cm³/mol. The molecule has 0 aromatic carbocycles. The molecule has 2 atom stereocenters. The summed E-state index contributed by atoms with van der Waals surface area (Å²) < 4.78 is 0. The number of rotatable bonds is 4. The first kappa shape index (κ1) is 12.5. The average molecular weight is 234 g/mol. The number of hydrogen-bond donors (Lipinski definition) is 1. The van der Waals surface area contributed by atoms with E-state index in [4.69, 9.17) is 0 Å². The zero-order valence-corrected chi connectivity index (χ0v) is 10.8. The summed E-state index contributed by atoms with van der Waals surface area (Å²) in [7, 11) is 2.15. The van der Waals surface area contributed by atoms with Gasteiger partial charge >= 0.3 is 0 Å². The molecule has 0 amide bonds. The van der Waals surface area contributed by atoms with Crippen molar-refractivity contribution in [3.05, 3.63) is 29.6 Å². The topological polar surface area (TPSA) is 36.4 Å². The number of nitrogens with zero attached hydrogens (tertiary/aromatic N) is 2. The minimum atomic E-state index is -0.412. The standard InChI is InChI=1S/C14H22N2O/c1-3-6-13(17)14-11(7-4-9-15-14)12-8-5-10-16(12)2/h4,7,9,12-13,17H,3,5-6,8,10H2,1-2H3/t12-,13?/m0/s1. The van der Waals surface area contributed by atoms with E-state index < -0.39 is 6.10 Å². The molecule has 0 radical (unpaired) electrons. The monoisotopic (exact) mass is 234 g/mol. The molecule has 0 aliphatic carbocycles. The molecule has 1 aliphatic heterocycles. The van der Waals surface area contributed by atoms with Gasteiger partial charge in [-0.2, -0.15) is 0 Å². The van der Waals surface area contributed by atoms with E-state index in [0.29, 0.717) is 6.04 Å². The van der Waals surface area contributed by atoms with Crippen molar-refractivity contribution in [3.63, 3.8) is 0 Å². The molecule has 3 heteroatoms. The summed E-state index contributed by atoms with van der Waals surface area (Å²) in [4.78, 5) is 6.76. The van der Waals surface area contributed by atoms with Gasteiger partial charge in [0.05, 0.1) is 11.8 Å². The van der Waals surface area contributed by atoms with Gasteiger partial charge < -0.3 is 5.11 Å². The molecule has 0 spiro atoms. The number of aromatic nitrogens is 1. The third-order valence-corrected chi connectivity index (χ3v) is 3.63. The van der Waals surface area contributed by atoms with Gasteiger partial charge in [0, 0.05) is 12.2 Å². The van der Waals surface area contributed by atoms with Gasteiger partial charge in [0.2, 0.25) is 0 Å². The Morgan fingerprint density at radius 3 is 3.06 bits per heavy atom. The number of hydrogen-bond acceptors (Lipinski definition) is 3. The summed E-state index contributed by atoms with van der Waals surface area (Å²) in [5, 5.41) is 10.2. The van der Waals surface area contributed by atoms with Crippen LogP contribution in [0.4, 0.5) is 0 Å². The predicted octanol–water partition coefficient (Wildman–Crippen LogP) is 2.68. The van der Waals surface area contributed by atoms with Gasteiger partial charge in [-0.3, -0.25) is 9.88 Å². The van der Waals surface area contributed by atoms with Crippen molar-refractivity contribution in [2.24, 2.45) is 0 Å². The molecular formula is C14H22N2O. The van der Waals surface area contributed by atoms with Crippen LogP contribution in [0.3, 0.4) is 0 Å². The summed E-state index contributed by atoms with van der Waals surface area (Å²) in [6.45, 7) is 3.23. The van der Waals surface area contributed by atoms with Crippen LogP contribution in [0.15, 0.2) is 18.3 Å². The van der Waals surface area contributed by atoms with Gasteiger partial charge in [-0.1, -0.05) is 19.4 Å². The Hall–Kier alpha value is -0.930. The molecule has 1 aromatic heterocycles. The van der Waals surface area contributed by atoms with Gasteiger partial charge in [0.15, 0.2) is 0 Å². The summed E-state index contributed by atoms with van der Waals surface area (Å²) in [5.74, 6) is 0. The van der Waals surface area contributed by atoms with Crippen molar-refractivity contribution in [2.45, 2.75) is 44.8 Å². The lowest BCUT2D eigenvalue weighted by Crippen LogP contribution is -2.20. The molecule has 94 valence electrons. The van der Waals surface area contributed by atoms with Crippen LogP contribution in [-0.4, -0.2) is 28.6 Å². The number of aliphatic hydroxyl groups is 1. The van der Waals surface area contributed by atoms with Gasteiger partial charge in [-0.05, 0) is 44.5 Å². The van der Waals surface area contributed by atoms with Gasteiger partial charge in [-0.15, -0.1) is 0 Å². The van der Waals surface area contributed by atoms with E-state index in [1.807, 2.05) is 6.07 Å². The van der Waals surface area contributed by atoms with Crippen LogP contribution in [0.2, 0.25) is 0 Å². The Bertz CT molecular complexity index is 367. The third-order valence-electron chi connectivity index (χ3n) is 3.63. The lowest BCUT2D eigenvalue weighted by Gasteiger charge is -2.23. The van der Waals surface area contributed by atoms with E-state index in [1.165, 1.54) is 18.4 Å². The van der Waals surface area contributed by atoms with Crippen molar-refractivity contribution >= 4 is 0 Å². The van der Waals surface area contributed by atoms with Gasteiger partial charge in [-0.25, -0.2) is 0 Å². The molecule has 2 heterocycles. The van der Waals surface area contributed by atoms with Crippen LogP contribution in [0, 0.1) is 0 Å². The zero-order valence-electron chi connectivity index (χ0n) is 10.8. The lowest BCUT2D eigenvalue weighted by atomic mass is 9.98. The highest BCUT2D eigenvalue weighted by Crippen LogP contribution is 2.34. The first-order valence-corrected chi connectivity index (χ1v) is 6.57. The normalized spacial score (nSPS) is 22.9. The molecule has 1 fully saturated rings. The quantitative estimate of drug-likeness (QED) is 0.870. The maximum atomic E-state index is 10.2. The van der Waals surface area contributed by atoms with E-state index in [2.05, 4.69) is 29.9 Å². The largest absolute Gasteiger partial charge is 0.387 e. The van der Waals surface area contributed by atoms with E-state index in [-0.39, 0.29) is 0 Å². The maximum absolute atomic E-state index is 10.2.